The summed E-state index contributed by atoms with van der Waals surface area (Å²) in [5, 5.41) is 39.9. The fourth-order valence-electron chi connectivity index (χ4n) is 2.29. The average molecular weight is 389 g/mol. The van der Waals surface area contributed by atoms with E-state index < -0.39 is 38.6 Å². The van der Waals surface area contributed by atoms with Crippen molar-refractivity contribution in [3.63, 3.8) is 0 Å². The molecule has 0 unspecified atom stereocenters. The number of hydrogen-bond acceptors (Lipinski definition) is 7. The van der Waals surface area contributed by atoms with E-state index in [0.717, 1.165) is 17.0 Å². The van der Waals surface area contributed by atoms with Crippen LogP contribution < -0.4 is 4.90 Å². The van der Waals surface area contributed by atoms with E-state index in [1.165, 1.54) is 19.4 Å². The van der Waals surface area contributed by atoms with Gasteiger partial charge in [0, 0.05) is 24.9 Å². The number of nitro groups is 1. The summed E-state index contributed by atoms with van der Waals surface area (Å²) < 4.78 is 0. The van der Waals surface area contributed by atoms with E-state index in [4.69, 9.17) is 11.6 Å². The number of phenolic OH excluding ortho intramolecular Hbond substituents is 1. The number of aromatic hydroxyl groups is 1. The first-order valence-corrected chi connectivity index (χ1v) is 7.76. The lowest BCUT2D eigenvalue weighted by Crippen LogP contribution is -2.28. The Balaban J connectivity index is 2.57. The Morgan fingerprint density at radius 3 is 2.67 bits per heavy atom. The normalized spacial score (nSPS) is 11.3. The van der Waals surface area contributed by atoms with Gasteiger partial charge in [0.25, 0.3) is 5.91 Å². The minimum absolute atomic E-state index is 0.259. The Labute approximate surface area is 158 Å². The van der Waals surface area contributed by atoms with E-state index in [0.29, 0.717) is 11.3 Å². The third kappa shape index (κ3) is 3.80. The third-order valence-corrected chi connectivity index (χ3v) is 4.04. The molecule has 0 bridgehead atoms. The predicted molar refractivity (Wildman–Crippen MR) is 97.3 cm³/mol. The number of nitrogens with zero attached hydrogens (tertiary/aromatic N) is 4. The van der Waals surface area contributed by atoms with Gasteiger partial charge in [0.1, 0.15) is 11.8 Å². The monoisotopic (exact) mass is 388 g/mol. The summed E-state index contributed by atoms with van der Waals surface area (Å²) in [5.41, 5.74) is -0.563. The molecule has 138 valence electrons. The van der Waals surface area contributed by atoms with Gasteiger partial charge in [0.05, 0.1) is 21.8 Å². The van der Waals surface area contributed by atoms with Crippen LogP contribution in [0.1, 0.15) is 11.1 Å². The van der Waals surface area contributed by atoms with Gasteiger partial charge in [-0.25, -0.2) is 0 Å². The van der Waals surface area contributed by atoms with Gasteiger partial charge in [-0.3, -0.25) is 19.9 Å². The number of nitro benzene ring substituents is 1. The number of carbonyl (C=O) groups is 1. The molecule has 2 N–H and O–H groups in total. The predicted octanol–water partition coefficient (Wildman–Crippen LogP) is 3.11. The van der Waals surface area contributed by atoms with Gasteiger partial charge >= 0.3 is 5.69 Å². The molecule has 0 atom stereocenters. The number of aromatic nitrogens is 1. The topological polar surface area (TPSA) is 141 Å². The molecule has 0 saturated heterocycles. The molecule has 0 spiro atoms. The van der Waals surface area contributed by atoms with E-state index in [-0.39, 0.29) is 5.56 Å². The number of aliphatic hydroxyl groups excluding tert-OH is 1. The lowest BCUT2D eigenvalue weighted by Gasteiger charge is -2.19. The summed E-state index contributed by atoms with van der Waals surface area (Å²) in [6.45, 7) is 1.74. The van der Waals surface area contributed by atoms with Gasteiger partial charge in [-0.15, -0.1) is 0 Å². The molecule has 0 fully saturated rings. The molecular weight excluding hydrogens is 376 g/mol. The number of hydrogen-bond donors (Lipinski definition) is 2. The maximum absolute atomic E-state index is 12.7. The third-order valence-electron chi connectivity index (χ3n) is 3.75. The van der Waals surface area contributed by atoms with Gasteiger partial charge in [0.15, 0.2) is 5.57 Å². The zero-order valence-corrected chi connectivity index (χ0v) is 14.9. The Bertz CT molecular complexity index is 1010. The largest absolute Gasteiger partial charge is 0.506 e. The first-order valence-electron chi connectivity index (χ1n) is 7.38. The molecule has 1 aromatic carbocycles. The van der Waals surface area contributed by atoms with Gasteiger partial charge < -0.3 is 15.1 Å². The van der Waals surface area contributed by atoms with Crippen molar-refractivity contribution >= 4 is 34.6 Å². The van der Waals surface area contributed by atoms with Crippen LogP contribution in [0.5, 0.6) is 5.75 Å². The second-order valence-corrected chi connectivity index (χ2v) is 5.85. The number of nitriles is 1. The van der Waals surface area contributed by atoms with Crippen LogP contribution in [-0.2, 0) is 4.79 Å². The quantitative estimate of drug-likeness (QED) is 0.269. The molecule has 0 radical (unpaired) electrons. The lowest BCUT2D eigenvalue weighted by atomic mass is 10.1. The Morgan fingerprint density at radius 2 is 2.11 bits per heavy atom. The SMILES string of the molecule is Cc1ccncc1N(C)C(=O)/C(C#N)=C(\O)c1cc(Cl)c(O)c([N+](=O)[O-])c1. The summed E-state index contributed by atoms with van der Waals surface area (Å²) in [4.78, 5) is 27.8. The molecule has 2 aromatic rings. The summed E-state index contributed by atoms with van der Waals surface area (Å²) in [6, 6.07) is 5.09. The van der Waals surface area contributed by atoms with Crippen molar-refractivity contribution in [2.45, 2.75) is 6.92 Å². The van der Waals surface area contributed by atoms with Gasteiger partial charge in [-0.1, -0.05) is 11.6 Å². The minimum Gasteiger partial charge on any atom is -0.506 e. The van der Waals surface area contributed by atoms with Crippen molar-refractivity contribution in [3.8, 4) is 11.8 Å². The van der Waals surface area contributed by atoms with Crippen LogP contribution in [0.4, 0.5) is 11.4 Å². The van der Waals surface area contributed by atoms with Crippen molar-refractivity contribution in [2.24, 2.45) is 0 Å². The average Bonchev–Trinajstić information content (AvgIpc) is 2.63. The second kappa shape index (κ2) is 7.72. The van der Waals surface area contributed by atoms with Crippen LogP contribution in [0.2, 0.25) is 5.02 Å². The van der Waals surface area contributed by atoms with Crippen molar-refractivity contribution in [1.29, 1.82) is 5.26 Å². The van der Waals surface area contributed by atoms with Crippen LogP contribution >= 0.6 is 11.6 Å². The molecule has 0 saturated carbocycles. The zero-order valence-electron chi connectivity index (χ0n) is 14.2. The maximum atomic E-state index is 12.7. The van der Waals surface area contributed by atoms with Crippen LogP contribution in [0, 0.1) is 28.4 Å². The highest BCUT2D eigenvalue weighted by molar-refractivity contribution is 6.32. The number of phenols is 1. The number of anilines is 1. The number of aliphatic hydroxyl groups is 1. The number of benzene rings is 1. The number of likely N-dealkylation sites (N-methyl/N-ethyl adjacent to an activating group) is 1. The van der Waals surface area contributed by atoms with E-state index in [2.05, 4.69) is 4.98 Å². The van der Waals surface area contributed by atoms with E-state index >= 15 is 0 Å². The Hall–Kier alpha value is -3.64. The number of amides is 1. The highest BCUT2D eigenvalue weighted by Crippen LogP contribution is 2.37. The molecule has 27 heavy (non-hydrogen) atoms. The number of aryl methyl sites for hydroxylation is 1. The van der Waals surface area contributed by atoms with E-state index in [1.54, 1.807) is 19.1 Å². The van der Waals surface area contributed by atoms with Crippen molar-refractivity contribution in [1.82, 2.24) is 4.98 Å². The molecule has 0 aliphatic heterocycles. The van der Waals surface area contributed by atoms with Crippen LogP contribution in [0.15, 0.2) is 36.2 Å². The van der Waals surface area contributed by atoms with Crippen molar-refractivity contribution in [2.75, 3.05) is 11.9 Å². The second-order valence-electron chi connectivity index (χ2n) is 5.44. The minimum atomic E-state index is -0.906. The first-order chi connectivity index (χ1) is 12.7. The Morgan fingerprint density at radius 1 is 1.44 bits per heavy atom. The molecule has 9 nitrogen and oxygen atoms in total. The summed E-state index contributed by atoms with van der Waals surface area (Å²) in [5.74, 6) is -2.44. The van der Waals surface area contributed by atoms with Crippen molar-refractivity contribution < 1.29 is 19.9 Å². The van der Waals surface area contributed by atoms with Gasteiger partial charge in [0.2, 0.25) is 5.75 Å². The van der Waals surface area contributed by atoms with Crippen LogP contribution in [-0.4, -0.2) is 33.1 Å². The standard InChI is InChI=1S/C17H13ClN4O5/c1-9-3-4-20-8-14(9)21(2)17(25)11(7-19)15(23)10-5-12(18)16(24)13(6-10)22(26)27/h3-6,8,23-24H,1-2H3/b15-11-. The van der Waals surface area contributed by atoms with Gasteiger partial charge in [-0.05, 0) is 24.6 Å². The first kappa shape index (κ1) is 19.7. The lowest BCUT2D eigenvalue weighted by molar-refractivity contribution is -0.385. The maximum Gasteiger partial charge on any atom is 0.313 e. The zero-order chi connectivity index (χ0) is 20.3. The molecule has 2 rings (SSSR count). The fraction of sp³-hybridized carbons (Fsp3) is 0.118. The van der Waals surface area contributed by atoms with Crippen LogP contribution in [0.25, 0.3) is 5.76 Å². The number of halogens is 1. The molecular formula is C17H13ClN4O5. The fourth-order valence-corrected chi connectivity index (χ4v) is 2.51. The molecule has 1 heterocycles. The van der Waals surface area contributed by atoms with Gasteiger partial charge in [-0.2, -0.15) is 5.26 Å². The molecule has 0 aliphatic rings. The molecule has 1 amide bonds. The Kier molecular flexibility index (Phi) is 5.63. The van der Waals surface area contributed by atoms with E-state index in [9.17, 15) is 30.4 Å². The summed E-state index contributed by atoms with van der Waals surface area (Å²) >= 11 is 5.74. The highest BCUT2D eigenvalue weighted by Gasteiger charge is 2.25. The van der Waals surface area contributed by atoms with E-state index in [1.807, 2.05) is 0 Å². The number of pyridine rings is 1. The highest BCUT2D eigenvalue weighted by atomic mass is 35.5. The van der Waals surface area contributed by atoms with Crippen LogP contribution in [0.3, 0.4) is 0 Å². The van der Waals surface area contributed by atoms with Crippen molar-refractivity contribution in [3.05, 3.63) is 62.4 Å². The number of carbonyl (C=O) groups excluding carboxylic acids is 1. The number of rotatable bonds is 4. The molecule has 1 aromatic heterocycles. The molecule has 10 heteroatoms. The summed E-state index contributed by atoms with van der Waals surface area (Å²) in [7, 11) is 1.39. The molecule has 0 aliphatic carbocycles. The smallest absolute Gasteiger partial charge is 0.313 e. The summed E-state index contributed by atoms with van der Waals surface area (Å²) in [6.07, 6.45) is 2.95.